The molecular weight excluding hydrogens is 385 g/mol. The molecule has 0 atom stereocenters. The number of hydrogen-bond donors (Lipinski definition) is 0. The SMILES string of the molecule is c1ccc(B2c3ccccc3-n3c4cc(-c5ccccc5)ccc4c4cccc2c43)cc1. The van der Waals surface area contributed by atoms with E-state index in [0.717, 1.165) is 0 Å². The lowest BCUT2D eigenvalue weighted by atomic mass is 9.35. The second-order valence-electron chi connectivity index (χ2n) is 8.58. The van der Waals surface area contributed by atoms with Crippen molar-refractivity contribution in [3.63, 3.8) is 0 Å². The average molecular weight is 405 g/mol. The molecule has 0 radical (unpaired) electrons. The van der Waals surface area contributed by atoms with Crippen molar-refractivity contribution in [3.05, 3.63) is 121 Å². The molecule has 5 aromatic carbocycles. The quantitative estimate of drug-likeness (QED) is 0.345. The summed E-state index contributed by atoms with van der Waals surface area (Å²) in [5, 5.41) is 2.64. The van der Waals surface area contributed by atoms with E-state index in [1.165, 1.54) is 55.0 Å². The minimum absolute atomic E-state index is 0.238. The lowest BCUT2D eigenvalue weighted by Crippen LogP contribution is -2.55. The molecule has 0 aliphatic carbocycles. The predicted molar refractivity (Wildman–Crippen MR) is 137 cm³/mol. The fourth-order valence-corrected chi connectivity index (χ4v) is 5.49. The average Bonchev–Trinajstić information content (AvgIpc) is 3.21. The van der Waals surface area contributed by atoms with E-state index < -0.39 is 0 Å². The van der Waals surface area contributed by atoms with E-state index in [1.807, 2.05) is 0 Å². The van der Waals surface area contributed by atoms with Crippen LogP contribution in [0.5, 0.6) is 0 Å². The number of para-hydroxylation sites is 2. The van der Waals surface area contributed by atoms with Gasteiger partial charge in [-0.15, -0.1) is 0 Å². The van der Waals surface area contributed by atoms with Gasteiger partial charge >= 0.3 is 0 Å². The standard InChI is InChI=1S/C30H20BN/c1-3-10-21(11-4-1)22-18-19-24-25-14-9-16-27-30(25)32(29(24)20-22)28-17-8-7-15-26(28)31(27)23-12-5-2-6-13-23/h1-20H. The Balaban J connectivity index is 1.62. The predicted octanol–water partition coefficient (Wildman–Crippen LogP) is 5.28. The number of rotatable bonds is 2. The first-order valence-corrected chi connectivity index (χ1v) is 11.2. The molecule has 0 saturated carbocycles. The first-order chi connectivity index (χ1) is 15.9. The van der Waals surface area contributed by atoms with E-state index >= 15 is 0 Å². The smallest absolute Gasteiger partial charge is 0.246 e. The molecule has 6 aromatic rings. The molecule has 0 fully saturated rings. The molecule has 1 aliphatic heterocycles. The van der Waals surface area contributed by atoms with Crippen molar-refractivity contribution in [2.75, 3.05) is 0 Å². The zero-order chi connectivity index (χ0) is 21.1. The molecule has 32 heavy (non-hydrogen) atoms. The fourth-order valence-electron chi connectivity index (χ4n) is 5.49. The summed E-state index contributed by atoms with van der Waals surface area (Å²) in [5.74, 6) is 0. The van der Waals surface area contributed by atoms with Gasteiger partial charge in [0.15, 0.2) is 0 Å². The Morgan fingerprint density at radius 1 is 0.500 bits per heavy atom. The van der Waals surface area contributed by atoms with Crippen molar-refractivity contribution >= 4 is 44.9 Å². The molecular formula is C30H20BN. The van der Waals surface area contributed by atoms with Gasteiger partial charge in [0.05, 0.1) is 5.52 Å². The number of aromatic nitrogens is 1. The van der Waals surface area contributed by atoms with E-state index in [4.69, 9.17) is 0 Å². The van der Waals surface area contributed by atoms with Crippen LogP contribution in [-0.2, 0) is 0 Å². The Bertz CT molecular complexity index is 1610. The monoisotopic (exact) mass is 405 g/mol. The summed E-state index contributed by atoms with van der Waals surface area (Å²) in [6.07, 6.45) is 0. The lowest BCUT2D eigenvalue weighted by Gasteiger charge is -2.27. The normalized spacial score (nSPS) is 12.3. The number of benzene rings is 5. The van der Waals surface area contributed by atoms with Crippen LogP contribution in [0.25, 0.3) is 38.6 Å². The fraction of sp³-hybridized carbons (Fsp3) is 0. The van der Waals surface area contributed by atoms with Crippen LogP contribution in [0.1, 0.15) is 0 Å². The molecule has 2 heteroatoms. The van der Waals surface area contributed by atoms with Crippen LogP contribution in [0.15, 0.2) is 121 Å². The summed E-state index contributed by atoms with van der Waals surface area (Å²) in [6, 6.07) is 44.2. The van der Waals surface area contributed by atoms with Crippen molar-refractivity contribution in [1.29, 1.82) is 0 Å². The summed E-state index contributed by atoms with van der Waals surface area (Å²) in [6.45, 7) is 0.238. The van der Waals surface area contributed by atoms with Gasteiger partial charge in [-0.2, -0.15) is 0 Å². The summed E-state index contributed by atoms with van der Waals surface area (Å²) in [5.41, 5.74) is 10.5. The zero-order valence-electron chi connectivity index (χ0n) is 17.6. The van der Waals surface area contributed by atoms with Crippen LogP contribution in [0.2, 0.25) is 0 Å². The summed E-state index contributed by atoms with van der Waals surface area (Å²) >= 11 is 0. The molecule has 0 saturated heterocycles. The molecule has 1 aliphatic rings. The van der Waals surface area contributed by atoms with Gasteiger partial charge in [0.1, 0.15) is 0 Å². The molecule has 0 N–H and O–H groups in total. The maximum atomic E-state index is 2.49. The third kappa shape index (κ3) is 2.41. The van der Waals surface area contributed by atoms with E-state index in [9.17, 15) is 0 Å². The number of nitrogens with zero attached hydrogens (tertiary/aromatic N) is 1. The third-order valence-electron chi connectivity index (χ3n) is 6.86. The minimum atomic E-state index is 0.238. The summed E-state index contributed by atoms with van der Waals surface area (Å²) < 4.78 is 2.49. The number of hydrogen-bond acceptors (Lipinski definition) is 0. The molecule has 0 bridgehead atoms. The molecule has 0 unspecified atom stereocenters. The molecule has 0 spiro atoms. The van der Waals surface area contributed by atoms with Crippen molar-refractivity contribution in [1.82, 2.24) is 4.57 Å². The summed E-state index contributed by atoms with van der Waals surface area (Å²) in [7, 11) is 0. The minimum Gasteiger partial charge on any atom is -0.310 e. The lowest BCUT2D eigenvalue weighted by molar-refractivity contribution is 1.19. The molecule has 2 heterocycles. The van der Waals surface area contributed by atoms with Gasteiger partial charge in [0, 0.05) is 22.0 Å². The van der Waals surface area contributed by atoms with E-state index in [2.05, 4.69) is 126 Å². The first-order valence-electron chi connectivity index (χ1n) is 11.2. The van der Waals surface area contributed by atoms with Crippen molar-refractivity contribution in [3.8, 4) is 16.8 Å². The molecule has 1 aromatic heterocycles. The highest BCUT2D eigenvalue weighted by atomic mass is 15.0. The highest BCUT2D eigenvalue weighted by Crippen LogP contribution is 2.35. The maximum absolute atomic E-state index is 2.49. The largest absolute Gasteiger partial charge is 0.310 e. The first kappa shape index (κ1) is 17.6. The summed E-state index contributed by atoms with van der Waals surface area (Å²) in [4.78, 5) is 0. The second kappa shape index (κ2) is 6.73. The highest BCUT2D eigenvalue weighted by molar-refractivity contribution is 6.98. The van der Waals surface area contributed by atoms with E-state index in [-0.39, 0.29) is 6.71 Å². The Kier molecular flexibility index (Phi) is 3.71. The Morgan fingerprint density at radius 2 is 1.22 bits per heavy atom. The Morgan fingerprint density at radius 3 is 2.06 bits per heavy atom. The van der Waals surface area contributed by atoms with Gasteiger partial charge in [-0.1, -0.05) is 115 Å². The van der Waals surface area contributed by atoms with Gasteiger partial charge in [-0.3, -0.25) is 0 Å². The Labute approximate surface area is 187 Å². The van der Waals surface area contributed by atoms with Crippen LogP contribution in [0.3, 0.4) is 0 Å². The number of fused-ring (bicyclic) bond motifs is 5. The molecule has 0 amide bonds. The molecule has 1 nitrogen and oxygen atoms in total. The van der Waals surface area contributed by atoms with Crippen LogP contribution in [0.4, 0.5) is 0 Å². The third-order valence-corrected chi connectivity index (χ3v) is 6.86. The zero-order valence-corrected chi connectivity index (χ0v) is 17.6. The maximum Gasteiger partial charge on any atom is 0.246 e. The van der Waals surface area contributed by atoms with Crippen LogP contribution < -0.4 is 16.4 Å². The highest BCUT2D eigenvalue weighted by Gasteiger charge is 2.32. The van der Waals surface area contributed by atoms with E-state index in [1.54, 1.807) is 0 Å². The van der Waals surface area contributed by atoms with Crippen LogP contribution in [-0.4, -0.2) is 11.3 Å². The topological polar surface area (TPSA) is 4.93 Å². The second-order valence-corrected chi connectivity index (χ2v) is 8.58. The van der Waals surface area contributed by atoms with Crippen molar-refractivity contribution in [2.24, 2.45) is 0 Å². The van der Waals surface area contributed by atoms with E-state index in [0.29, 0.717) is 0 Å². The molecule has 148 valence electrons. The van der Waals surface area contributed by atoms with Crippen molar-refractivity contribution in [2.45, 2.75) is 0 Å². The van der Waals surface area contributed by atoms with Crippen LogP contribution in [0, 0.1) is 0 Å². The van der Waals surface area contributed by atoms with Gasteiger partial charge in [-0.05, 0) is 34.2 Å². The Hall–Kier alpha value is -4.04. The van der Waals surface area contributed by atoms with Gasteiger partial charge in [0.25, 0.3) is 0 Å². The van der Waals surface area contributed by atoms with Crippen molar-refractivity contribution < 1.29 is 0 Å². The van der Waals surface area contributed by atoms with Crippen LogP contribution >= 0.6 is 0 Å². The van der Waals surface area contributed by atoms with Gasteiger partial charge in [0.2, 0.25) is 6.71 Å². The van der Waals surface area contributed by atoms with Gasteiger partial charge in [-0.25, -0.2) is 0 Å². The van der Waals surface area contributed by atoms with Gasteiger partial charge < -0.3 is 4.57 Å². The molecule has 7 rings (SSSR count).